The molecule has 0 atom stereocenters. The van der Waals surface area contributed by atoms with Gasteiger partial charge in [-0.1, -0.05) is 64.0 Å². The fourth-order valence-electron chi connectivity index (χ4n) is 4.09. The minimum atomic E-state index is -0.242. The highest BCUT2D eigenvalue weighted by molar-refractivity contribution is 6.09. The van der Waals surface area contributed by atoms with Gasteiger partial charge in [-0.15, -0.1) is 0 Å². The molecule has 0 bridgehead atoms. The average molecular weight is 437 g/mol. The third kappa shape index (κ3) is 7.40. The molecule has 1 fully saturated rings. The lowest BCUT2D eigenvalue weighted by atomic mass is 9.95. The first kappa shape index (κ1) is 23.8. The van der Waals surface area contributed by atoms with Gasteiger partial charge >= 0.3 is 0 Å². The summed E-state index contributed by atoms with van der Waals surface area (Å²) in [5, 5.41) is 6.02. The smallest absolute Gasteiger partial charge is 0.255 e. The molecule has 172 valence electrons. The van der Waals surface area contributed by atoms with E-state index in [0.717, 1.165) is 37.9 Å². The number of hydrogen-bond donors (Lipinski definition) is 2. The molecular formula is C27H36N2O3. The van der Waals surface area contributed by atoms with E-state index in [1.807, 2.05) is 24.3 Å². The van der Waals surface area contributed by atoms with Gasteiger partial charge in [0.25, 0.3) is 11.8 Å². The summed E-state index contributed by atoms with van der Waals surface area (Å²) in [7, 11) is 0. The number of anilines is 1. The maximum absolute atomic E-state index is 12.8. The number of carbonyl (C=O) groups is 2. The SMILES string of the molecule is CCCCCCCOc1ccc(C(=O)Nc2ccccc2C(=O)NC2CCCCC2)cc1. The molecule has 0 radical (unpaired) electrons. The largest absolute Gasteiger partial charge is 0.494 e. The van der Waals surface area contributed by atoms with Crippen molar-refractivity contribution in [3.63, 3.8) is 0 Å². The van der Waals surface area contributed by atoms with Gasteiger partial charge in [0, 0.05) is 11.6 Å². The van der Waals surface area contributed by atoms with Crippen LogP contribution in [0.3, 0.4) is 0 Å². The van der Waals surface area contributed by atoms with Crippen LogP contribution in [0.2, 0.25) is 0 Å². The molecule has 0 aromatic heterocycles. The van der Waals surface area contributed by atoms with Crippen LogP contribution in [-0.4, -0.2) is 24.5 Å². The van der Waals surface area contributed by atoms with Crippen molar-refractivity contribution in [1.29, 1.82) is 0 Å². The van der Waals surface area contributed by atoms with Gasteiger partial charge in [0.05, 0.1) is 17.9 Å². The predicted molar refractivity (Wildman–Crippen MR) is 129 cm³/mol. The molecule has 0 heterocycles. The van der Waals surface area contributed by atoms with E-state index in [9.17, 15) is 9.59 Å². The molecule has 5 nitrogen and oxygen atoms in total. The van der Waals surface area contributed by atoms with Crippen molar-refractivity contribution in [3.05, 3.63) is 59.7 Å². The lowest BCUT2D eigenvalue weighted by molar-refractivity contribution is 0.0928. The van der Waals surface area contributed by atoms with E-state index in [-0.39, 0.29) is 17.9 Å². The topological polar surface area (TPSA) is 67.4 Å². The summed E-state index contributed by atoms with van der Waals surface area (Å²) in [5.41, 5.74) is 1.55. The predicted octanol–water partition coefficient (Wildman–Crippen LogP) is 6.35. The Morgan fingerprint density at radius 1 is 0.875 bits per heavy atom. The van der Waals surface area contributed by atoms with Crippen LogP contribution >= 0.6 is 0 Å². The monoisotopic (exact) mass is 436 g/mol. The molecule has 1 aliphatic carbocycles. The summed E-state index contributed by atoms with van der Waals surface area (Å²) in [6.07, 6.45) is 11.6. The Kier molecular flexibility index (Phi) is 9.60. The van der Waals surface area contributed by atoms with Crippen LogP contribution in [0.15, 0.2) is 48.5 Å². The lowest BCUT2D eigenvalue weighted by Gasteiger charge is -2.23. The Balaban J connectivity index is 1.53. The minimum Gasteiger partial charge on any atom is -0.494 e. The number of hydrogen-bond acceptors (Lipinski definition) is 3. The summed E-state index contributed by atoms with van der Waals surface area (Å²) in [4.78, 5) is 25.6. The lowest BCUT2D eigenvalue weighted by Crippen LogP contribution is -2.36. The summed E-state index contributed by atoms with van der Waals surface area (Å²) in [6.45, 7) is 2.90. The zero-order valence-corrected chi connectivity index (χ0v) is 19.2. The van der Waals surface area contributed by atoms with Gasteiger partial charge in [0.1, 0.15) is 5.75 Å². The number of carbonyl (C=O) groups excluding carboxylic acids is 2. The minimum absolute atomic E-state index is 0.129. The third-order valence-electron chi connectivity index (χ3n) is 5.99. The highest BCUT2D eigenvalue weighted by Gasteiger charge is 2.19. The van der Waals surface area contributed by atoms with Gasteiger partial charge in [-0.3, -0.25) is 9.59 Å². The number of para-hydroxylation sites is 1. The Labute approximate surface area is 191 Å². The van der Waals surface area contributed by atoms with Gasteiger partial charge in [0.15, 0.2) is 0 Å². The van der Waals surface area contributed by atoms with Crippen LogP contribution in [0.1, 0.15) is 91.8 Å². The van der Waals surface area contributed by atoms with Crippen LogP contribution in [0, 0.1) is 0 Å². The number of benzene rings is 2. The van der Waals surface area contributed by atoms with E-state index in [4.69, 9.17) is 4.74 Å². The fraction of sp³-hybridized carbons (Fsp3) is 0.481. The van der Waals surface area contributed by atoms with Crippen LogP contribution < -0.4 is 15.4 Å². The Morgan fingerprint density at radius 2 is 1.59 bits per heavy atom. The molecule has 0 saturated heterocycles. The molecule has 2 amide bonds. The molecular weight excluding hydrogens is 400 g/mol. The van der Waals surface area contributed by atoms with E-state index in [1.54, 1.807) is 24.3 Å². The molecule has 32 heavy (non-hydrogen) atoms. The first-order valence-electron chi connectivity index (χ1n) is 12.1. The molecule has 1 saturated carbocycles. The van der Waals surface area contributed by atoms with E-state index in [1.165, 1.54) is 32.1 Å². The number of nitrogens with one attached hydrogen (secondary N) is 2. The van der Waals surface area contributed by atoms with E-state index >= 15 is 0 Å². The summed E-state index contributed by atoms with van der Waals surface area (Å²) in [5.74, 6) is 0.397. The first-order valence-corrected chi connectivity index (χ1v) is 12.1. The normalized spacial score (nSPS) is 14.0. The average Bonchev–Trinajstić information content (AvgIpc) is 2.82. The van der Waals surface area contributed by atoms with Crippen LogP contribution in [0.5, 0.6) is 5.75 Å². The van der Waals surface area contributed by atoms with Gasteiger partial charge in [0.2, 0.25) is 0 Å². The Bertz CT molecular complexity index is 857. The van der Waals surface area contributed by atoms with E-state index in [0.29, 0.717) is 23.4 Å². The van der Waals surface area contributed by atoms with Crippen molar-refractivity contribution in [2.24, 2.45) is 0 Å². The van der Waals surface area contributed by atoms with Crippen molar-refractivity contribution < 1.29 is 14.3 Å². The van der Waals surface area contributed by atoms with Gasteiger partial charge in [-0.05, 0) is 55.7 Å². The number of amides is 2. The molecule has 5 heteroatoms. The standard InChI is InChI=1S/C27H36N2O3/c1-2-3-4-5-11-20-32-23-18-16-21(17-19-23)26(30)29-25-15-10-9-14-24(25)27(31)28-22-12-7-6-8-13-22/h9-10,14-19,22H,2-8,11-13,20H2,1H3,(H,28,31)(H,29,30). The number of ether oxygens (including phenoxy) is 1. The van der Waals surface area contributed by atoms with Gasteiger partial charge in [-0.25, -0.2) is 0 Å². The molecule has 2 aromatic rings. The van der Waals surface area contributed by atoms with Crippen molar-refractivity contribution in [1.82, 2.24) is 5.32 Å². The number of unbranched alkanes of at least 4 members (excludes halogenated alkanes) is 4. The molecule has 0 aliphatic heterocycles. The van der Waals surface area contributed by atoms with Gasteiger partial charge in [-0.2, -0.15) is 0 Å². The third-order valence-corrected chi connectivity index (χ3v) is 5.99. The first-order chi connectivity index (χ1) is 15.7. The van der Waals surface area contributed by atoms with Crippen molar-refractivity contribution in [2.45, 2.75) is 77.2 Å². The van der Waals surface area contributed by atoms with Crippen molar-refractivity contribution >= 4 is 17.5 Å². The summed E-state index contributed by atoms with van der Waals surface area (Å²) >= 11 is 0. The Hall–Kier alpha value is -2.82. The van der Waals surface area contributed by atoms with E-state index in [2.05, 4.69) is 17.6 Å². The van der Waals surface area contributed by atoms with Gasteiger partial charge < -0.3 is 15.4 Å². The second kappa shape index (κ2) is 12.9. The highest BCUT2D eigenvalue weighted by Crippen LogP contribution is 2.21. The number of rotatable bonds is 11. The van der Waals surface area contributed by atoms with Crippen LogP contribution in [-0.2, 0) is 0 Å². The second-order valence-electron chi connectivity index (χ2n) is 8.60. The molecule has 2 N–H and O–H groups in total. The maximum Gasteiger partial charge on any atom is 0.255 e. The van der Waals surface area contributed by atoms with Crippen molar-refractivity contribution in [2.75, 3.05) is 11.9 Å². The zero-order chi connectivity index (χ0) is 22.6. The summed E-state index contributed by atoms with van der Waals surface area (Å²) < 4.78 is 5.78. The second-order valence-corrected chi connectivity index (χ2v) is 8.60. The fourth-order valence-corrected chi connectivity index (χ4v) is 4.09. The molecule has 0 unspecified atom stereocenters. The van der Waals surface area contributed by atoms with E-state index < -0.39 is 0 Å². The van der Waals surface area contributed by atoms with Crippen molar-refractivity contribution in [3.8, 4) is 5.75 Å². The molecule has 2 aromatic carbocycles. The molecule has 1 aliphatic rings. The Morgan fingerprint density at radius 3 is 2.34 bits per heavy atom. The summed E-state index contributed by atoms with van der Waals surface area (Å²) in [6, 6.07) is 14.5. The zero-order valence-electron chi connectivity index (χ0n) is 19.2. The molecule has 0 spiro atoms. The van der Waals surface area contributed by atoms with Crippen LogP contribution in [0.4, 0.5) is 5.69 Å². The maximum atomic E-state index is 12.8. The quantitative estimate of drug-likeness (QED) is 0.403. The molecule has 3 rings (SSSR count). The highest BCUT2D eigenvalue weighted by atomic mass is 16.5. The van der Waals surface area contributed by atoms with Crippen LogP contribution in [0.25, 0.3) is 0 Å².